The lowest BCUT2D eigenvalue weighted by Gasteiger charge is -2.06. The Hall–Kier alpha value is -1.75. The van der Waals surface area contributed by atoms with Crippen LogP contribution >= 0.6 is 0 Å². The number of nitrogens with zero attached hydrogens (tertiary/aromatic N) is 1. The fourth-order valence-corrected chi connectivity index (χ4v) is 1.13. The molecule has 0 saturated carbocycles. The molecule has 0 aliphatic carbocycles. The maximum absolute atomic E-state index is 13.3. The summed E-state index contributed by atoms with van der Waals surface area (Å²) in [6, 6.07) is 3.62. The maximum atomic E-state index is 13.3. The fourth-order valence-electron chi connectivity index (χ4n) is 1.13. The zero-order chi connectivity index (χ0) is 12.0. The van der Waals surface area contributed by atoms with Crippen molar-refractivity contribution in [2.24, 2.45) is 5.16 Å². The van der Waals surface area contributed by atoms with Crippen LogP contribution in [-0.2, 0) is 4.74 Å². The minimum atomic E-state index is -1.06. The summed E-state index contributed by atoms with van der Waals surface area (Å²) in [5.41, 5.74) is -0.189. The van der Waals surface area contributed by atoms with Crippen molar-refractivity contribution >= 4 is 5.71 Å². The number of hydrogen-bond acceptors (Lipinski definition) is 3. The van der Waals surface area contributed by atoms with Gasteiger partial charge in [-0.2, -0.15) is 0 Å². The van der Waals surface area contributed by atoms with Gasteiger partial charge in [0.1, 0.15) is 5.71 Å². The highest BCUT2D eigenvalue weighted by Crippen LogP contribution is 2.12. The summed E-state index contributed by atoms with van der Waals surface area (Å²) in [6.07, 6.45) is 1.50. The van der Waals surface area contributed by atoms with Gasteiger partial charge < -0.3 is 9.94 Å². The summed E-state index contributed by atoms with van der Waals surface area (Å²) in [5.74, 6) is -2.06. The first-order chi connectivity index (χ1) is 7.70. The Morgan fingerprint density at radius 3 is 2.88 bits per heavy atom. The van der Waals surface area contributed by atoms with Gasteiger partial charge in [0.15, 0.2) is 11.6 Å². The minimum Gasteiger partial charge on any atom is -0.411 e. The van der Waals surface area contributed by atoms with E-state index < -0.39 is 11.6 Å². The molecule has 0 aromatic heterocycles. The van der Waals surface area contributed by atoms with Crippen molar-refractivity contribution in [1.82, 2.24) is 0 Å². The number of rotatable bonds is 5. The van der Waals surface area contributed by atoms with Gasteiger partial charge in [0.25, 0.3) is 0 Å². The molecular weight excluding hydrogens is 216 g/mol. The average molecular weight is 227 g/mol. The van der Waals surface area contributed by atoms with Gasteiger partial charge in [-0.3, -0.25) is 0 Å². The van der Waals surface area contributed by atoms with Gasteiger partial charge in [0.2, 0.25) is 0 Å². The molecule has 0 aliphatic heterocycles. The third-order valence-corrected chi connectivity index (χ3v) is 1.86. The first-order valence-electron chi connectivity index (χ1n) is 4.54. The van der Waals surface area contributed by atoms with E-state index in [-0.39, 0.29) is 24.5 Å². The van der Waals surface area contributed by atoms with E-state index in [2.05, 4.69) is 11.7 Å². The number of benzene rings is 1. The maximum Gasteiger partial charge on any atom is 0.168 e. The summed E-state index contributed by atoms with van der Waals surface area (Å²) in [6.45, 7) is 3.54. The molecule has 0 spiro atoms. The van der Waals surface area contributed by atoms with Crippen LogP contribution in [0.2, 0.25) is 0 Å². The standard InChI is InChI=1S/C11H11F2NO2/c1-2-6-16-7-10(14-15)8-4-3-5-9(12)11(8)13/h2-5,15H,1,6-7H2. The summed E-state index contributed by atoms with van der Waals surface area (Å²) in [5, 5.41) is 11.6. The fraction of sp³-hybridized carbons (Fsp3) is 0.182. The van der Waals surface area contributed by atoms with Crippen LogP contribution in [0.5, 0.6) is 0 Å². The topological polar surface area (TPSA) is 41.8 Å². The zero-order valence-corrected chi connectivity index (χ0v) is 8.49. The smallest absolute Gasteiger partial charge is 0.168 e. The van der Waals surface area contributed by atoms with E-state index >= 15 is 0 Å². The SMILES string of the molecule is C=CCOCC(=NO)c1cccc(F)c1F. The Balaban J connectivity index is 2.88. The van der Waals surface area contributed by atoms with Crippen molar-refractivity contribution in [2.45, 2.75) is 0 Å². The van der Waals surface area contributed by atoms with Crippen molar-refractivity contribution in [1.29, 1.82) is 0 Å². The lowest BCUT2D eigenvalue weighted by molar-refractivity contribution is 0.200. The lowest BCUT2D eigenvalue weighted by atomic mass is 10.1. The van der Waals surface area contributed by atoms with Gasteiger partial charge in [-0.15, -0.1) is 6.58 Å². The van der Waals surface area contributed by atoms with Gasteiger partial charge >= 0.3 is 0 Å². The molecule has 16 heavy (non-hydrogen) atoms. The van der Waals surface area contributed by atoms with Crippen LogP contribution < -0.4 is 0 Å². The highest BCUT2D eigenvalue weighted by Gasteiger charge is 2.13. The summed E-state index contributed by atoms with van der Waals surface area (Å²) in [4.78, 5) is 0. The van der Waals surface area contributed by atoms with Crippen molar-refractivity contribution in [3.8, 4) is 0 Å². The van der Waals surface area contributed by atoms with E-state index in [1.807, 2.05) is 0 Å². The summed E-state index contributed by atoms with van der Waals surface area (Å²) >= 11 is 0. The number of ether oxygens (including phenoxy) is 1. The van der Waals surface area contributed by atoms with Gasteiger partial charge in [0, 0.05) is 5.56 Å². The van der Waals surface area contributed by atoms with Gasteiger partial charge in [-0.25, -0.2) is 8.78 Å². The van der Waals surface area contributed by atoms with Gasteiger partial charge in [0.05, 0.1) is 13.2 Å². The monoisotopic (exact) mass is 227 g/mol. The number of halogens is 2. The Morgan fingerprint density at radius 1 is 1.50 bits per heavy atom. The predicted octanol–water partition coefficient (Wildman–Crippen LogP) is 2.35. The first-order valence-corrected chi connectivity index (χ1v) is 4.54. The predicted molar refractivity (Wildman–Crippen MR) is 55.7 cm³/mol. The molecule has 0 fully saturated rings. The van der Waals surface area contributed by atoms with E-state index in [1.54, 1.807) is 0 Å². The van der Waals surface area contributed by atoms with E-state index in [0.29, 0.717) is 0 Å². The second-order valence-electron chi connectivity index (χ2n) is 2.95. The highest BCUT2D eigenvalue weighted by molar-refractivity contribution is 6.01. The summed E-state index contributed by atoms with van der Waals surface area (Å²) < 4.78 is 31.2. The third kappa shape index (κ3) is 2.87. The molecule has 0 radical (unpaired) electrons. The third-order valence-electron chi connectivity index (χ3n) is 1.86. The van der Waals surface area contributed by atoms with Crippen LogP contribution in [0, 0.1) is 11.6 Å². The number of hydrogen-bond donors (Lipinski definition) is 1. The van der Waals surface area contributed by atoms with Crippen LogP contribution in [0.25, 0.3) is 0 Å². The van der Waals surface area contributed by atoms with Crippen LogP contribution in [-0.4, -0.2) is 24.1 Å². The lowest BCUT2D eigenvalue weighted by Crippen LogP contribution is -2.13. The Labute approximate surface area is 91.7 Å². The van der Waals surface area contributed by atoms with E-state index in [4.69, 9.17) is 9.94 Å². The number of oxime groups is 1. The molecule has 1 aromatic rings. The minimum absolute atomic E-state index is 0.0705. The van der Waals surface area contributed by atoms with E-state index in [0.717, 1.165) is 6.07 Å². The van der Waals surface area contributed by atoms with Gasteiger partial charge in [-0.05, 0) is 12.1 Å². The summed E-state index contributed by atoms with van der Waals surface area (Å²) in [7, 11) is 0. The van der Waals surface area contributed by atoms with Gasteiger partial charge in [-0.1, -0.05) is 17.3 Å². The average Bonchev–Trinajstić information content (AvgIpc) is 2.29. The molecule has 0 unspecified atom stereocenters. The molecule has 1 N–H and O–H groups in total. The largest absolute Gasteiger partial charge is 0.411 e. The van der Waals surface area contributed by atoms with Crippen LogP contribution in [0.3, 0.4) is 0 Å². The Morgan fingerprint density at radius 2 is 2.25 bits per heavy atom. The Kier molecular flexibility index (Phi) is 4.60. The van der Waals surface area contributed by atoms with Crippen molar-refractivity contribution in [3.05, 3.63) is 48.1 Å². The van der Waals surface area contributed by atoms with Crippen molar-refractivity contribution in [3.63, 3.8) is 0 Å². The first kappa shape index (κ1) is 12.3. The van der Waals surface area contributed by atoms with Crippen LogP contribution in [0.15, 0.2) is 36.0 Å². The molecule has 0 aliphatic rings. The zero-order valence-electron chi connectivity index (χ0n) is 8.49. The normalized spacial score (nSPS) is 11.5. The van der Waals surface area contributed by atoms with E-state index in [9.17, 15) is 8.78 Å². The molecule has 1 rings (SSSR count). The molecule has 86 valence electrons. The second-order valence-corrected chi connectivity index (χ2v) is 2.95. The molecule has 0 amide bonds. The highest BCUT2D eigenvalue weighted by atomic mass is 19.2. The van der Waals surface area contributed by atoms with Crippen LogP contribution in [0.4, 0.5) is 8.78 Å². The molecule has 0 saturated heterocycles. The molecule has 0 bridgehead atoms. The molecular formula is C11H11F2NO2. The van der Waals surface area contributed by atoms with Crippen molar-refractivity contribution in [2.75, 3.05) is 13.2 Å². The molecule has 5 heteroatoms. The Bertz CT molecular complexity index is 405. The van der Waals surface area contributed by atoms with E-state index in [1.165, 1.54) is 18.2 Å². The molecule has 0 heterocycles. The quantitative estimate of drug-likeness (QED) is 0.276. The molecule has 3 nitrogen and oxygen atoms in total. The second kappa shape index (κ2) is 5.97. The molecule has 0 atom stereocenters. The van der Waals surface area contributed by atoms with Crippen molar-refractivity contribution < 1.29 is 18.7 Å². The van der Waals surface area contributed by atoms with Crippen LogP contribution in [0.1, 0.15) is 5.56 Å². The molecule has 1 aromatic carbocycles.